The number of rotatable bonds is 4. The average Bonchev–Trinajstić information content (AvgIpc) is 2.99. The number of carbonyl (C=O) groups is 2. The molecule has 7 heteroatoms. The lowest BCUT2D eigenvalue weighted by atomic mass is 10.1. The maximum absolute atomic E-state index is 12.1. The van der Waals surface area contributed by atoms with E-state index in [2.05, 4.69) is 15.7 Å². The predicted molar refractivity (Wildman–Crippen MR) is 96.0 cm³/mol. The molecule has 0 radical (unpaired) electrons. The van der Waals surface area contributed by atoms with Crippen molar-refractivity contribution in [3.63, 3.8) is 0 Å². The molecule has 0 saturated heterocycles. The van der Waals surface area contributed by atoms with Gasteiger partial charge >= 0.3 is 11.8 Å². The lowest BCUT2D eigenvalue weighted by Crippen LogP contribution is -2.42. The summed E-state index contributed by atoms with van der Waals surface area (Å²) in [6.45, 7) is 7.24. The second-order valence-corrected chi connectivity index (χ2v) is 6.87. The zero-order chi connectivity index (χ0) is 18.6. The van der Waals surface area contributed by atoms with Gasteiger partial charge in [0.15, 0.2) is 0 Å². The van der Waals surface area contributed by atoms with E-state index in [1.54, 1.807) is 17.7 Å². The summed E-state index contributed by atoms with van der Waals surface area (Å²) in [6, 6.07) is 10.8. The molecule has 2 amide bonds. The van der Waals surface area contributed by atoms with Gasteiger partial charge in [-0.3, -0.25) is 9.59 Å². The van der Waals surface area contributed by atoms with Crippen molar-refractivity contribution in [2.24, 2.45) is 0 Å². The fourth-order valence-electron chi connectivity index (χ4n) is 2.24. The molecule has 0 fully saturated rings. The van der Waals surface area contributed by atoms with Gasteiger partial charge in [-0.2, -0.15) is 5.10 Å². The zero-order valence-corrected chi connectivity index (χ0v) is 14.9. The molecule has 1 aromatic carbocycles. The van der Waals surface area contributed by atoms with E-state index < -0.39 is 17.9 Å². The molecule has 3 N–H and O–H groups in total. The summed E-state index contributed by atoms with van der Waals surface area (Å²) < 4.78 is 1.68. The number of carbonyl (C=O) groups excluding carboxylic acids is 2. The highest BCUT2D eigenvalue weighted by Crippen LogP contribution is 2.26. The van der Waals surface area contributed by atoms with Crippen LogP contribution in [0, 0.1) is 0 Å². The molecule has 2 rings (SSSR count). The van der Waals surface area contributed by atoms with Crippen LogP contribution < -0.4 is 10.6 Å². The lowest BCUT2D eigenvalue weighted by Gasteiger charge is -2.22. The van der Waals surface area contributed by atoms with Crippen molar-refractivity contribution >= 4 is 17.6 Å². The summed E-state index contributed by atoms with van der Waals surface area (Å²) in [5.74, 6) is -1.17. The molecule has 1 aromatic heterocycles. The molecule has 2 aromatic rings. The number of nitrogens with one attached hydrogen (secondary N) is 2. The van der Waals surface area contributed by atoms with Crippen LogP contribution in [0.4, 0.5) is 5.82 Å². The zero-order valence-electron chi connectivity index (χ0n) is 14.9. The normalized spacial score (nSPS) is 12.5. The van der Waals surface area contributed by atoms with Crippen molar-refractivity contribution < 1.29 is 14.7 Å². The molecule has 1 heterocycles. The second-order valence-electron chi connectivity index (χ2n) is 6.87. The molecule has 0 bridgehead atoms. The van der Waals surface area contributed by atoms with E-state index in [4.69, 9.17) is 5.11 Å². The van der Waals surface area contributed by atoms with Crippen molar-refractivity contribution in [1.82, 2.24) is 15.1 Å². The van der Waals surface area contributed by atoms with Gasteiger partial charge in [0.05, 0.1) is 17.8 Å². The first-order chi connectivity index (χ1) is 11.7. The van der Waals surface area contributed by atoms with Crippen molar-refractivity contribution in [2.75, 3.05) is 11.9 Å². The Hall–Kier alpha value is -2.67. The summed E-state index contributed by atoms with van der Waals surface area (Å²) in [5.41, 5.74) is 1.24. The van der Waals surface area contributed by atoms with Crippen molar-refractivity contribution in [2.45, 2.75) is 39.3 Å². The summed E-state index contributed by atoms with van der Waals surface area (Å²) in [6.07, 6.45) is 0. The van der Waals surface area contributed by atoms with Crippen LogP contribution in [0.1, 0.15) is 27.7 Å². The molecular weight excluding hydrogens is 320 g/mol. The number of hydrogen-bond acceptors (Lipinski definition) is 4. The Bertz CT molecular complexity index is 747. The molecule has 25 heavy (non-hydrogen) atoms. The van der Waals surface area contributed by atoms with Crippen molar-refractivity contribution in [1.29, 1.82) is 0 Å². The third-order valence-corrected chi connectivity index (χ3v) is 3.51. The van der Waals surface area contributed by atoms with Gasteiger partial charge in [-0.05, 0) is 27.7 Å². The van der Waals surface area contributed by atoms with Crippen LogP contribution in [0.2, 0.25) is 0 Å². The topological polar surface area (TPSA) is 96.2 Å². The van der Waals surface area contributed by atoms with Gasteiger partial charge in [-0.25, -0.2) is 4.68 Å². The minimum absolute atomic E-state index is 0.239. The first-order valence-corrected chi connectivity index (χ1v) is 8.11. The van der Waals surface area contributed by atoms with E-state index >= 15 is 0 Å². The van der Waals surface area contributed by atoms with Crippen LogP contribution in [0.25, 0.3) is 11.3 Å². The SMILES string of the molecule is C[C@@H](CO)NC(=O)C(=O)Nc1cc(-c2ccccc2)nn1C(C)(C)C. The fourth-order valence-corrected chi connectivity index (χ4v) is 2.24. The molecule has 134 valence electrons. The van der Waals surface area contributed by atoms with Crippen molar-refractivity contribution in [3.8, 4) is 11.3 Å². The third kappa shape index (κ3) is 4.67. The summed E-state index contributed by atoms with van der Waals surface area (Å²) in [7, 11) is 0. The van der Waals surface area contributed by atoms with Crippen LogP contribution in [-0.4, -0.2) is 39.4 Å². The molecule has 0 unspecified atom stereocenters. The van der Waals surface area contributed by atoms with Gasteiger partial charge in [0.2, 0.25) is 0 Å². The summed E-state index contributed by atoms with van der Waals surface area (Å²) in [4.78, 5) is 24.0. The third-order valence-electron chi connectivity index (χ3n) is 3.51. The Balaban J connectivity index is 2.29. The van der Waals surface area contributed by atoms with Crippen molar-refractivity contribution in [3.05, 3.63) is 36.4 Å². The van der Waals surface area contributed by atoms with Crippen LogP contribution in [0.3, 0.4) is 0 Å². The summed E-state index contributed by atoms with van der Waals surface area (Å²) in [5, 5.41) is 18.6. The number of aliphatic hydroxyl groups is 1. The minimum Gasteiger partial charge on any atom is -0.394 e. The van der Waals surface area contributed by atoms with E-state index in [0.29, 0.717) is 11.5 Å². The number of aliphatic hydroxyl groups excluding tert-OH is 1. The van der Waals surface area contributed by atoms with Gasteiger partial charge in [-0.1, -0.05) is 30.3 Å². The molecule has 0 saturated carbocycles. The van der Waals surface area contributed by atoms with Crippen LogP contribution in [0.15, 0.2) is 36.4 Å². The van der Waals surface area contributed by atoms with Gasteiger partial charge in [-0.15, -0.1) is 0 Å². The maximum atomic E-state index is 12.1. The highest BCUT2D eigenvalue weighted by molar-refractivity contribution is 6.39. The molecule has 0 aliphatic carbocycles. The Morgan fingerprint density at radius 1 is 1.20 bits per heavy atom. The van der Waals surface area contributed by atoms with Crippen LogP contribution in [0.5, 0.6) is 0 Å². The average molecular weight is 344 g/mol. The Morgan fingerprint density at radius 3 is 2.40 bits per heavy atom. The van der Waals surface area contributed by atoms with E-state index in [1.807, 2.05) is 51.1 Å². The predicted octanol–water partition coefficient (Wildman–Crippen LogP) is 1.74. The molecular formula is C18H24N4O3. The Morgan fingerprint density at radius 2 is 1.84 bits per heavy atom. The number of aromatic nitrogens is 2. The number of hydrogen-bond donors (Lipinski definition) is 3. The number of anilines is 1. The number of amides is 2. The molecule has 7 nitrogen and oxygen atoms in total. The largest absolute Gasteiger partial charge is 0.394 e. The monoisotopic (exact) mass is 344 g/mol. The first kappa shape index (κ1) is 18.7. The minimum atomic E-state index is -0.801. The van der Waals surface area contributed by atoms with E-state index in [0.717, 1.165) is 5.56 Å². The highest BCUT2D eigenvalue weighted by Gasteiger charge is 2.24. The Kier molecular flexibility index (Phi) is 5.58. The number of nitrogens with zero attached hydrogens (tertiary/aromatic N) is 2. The molecule has 1 atom stereocenters. The molecule has 0 aliphatic rings. The molecule has 0 spiro atoms. The maximum Gasteiger partial charge on any atom is 0.314 e. The van der Waals surface area contributed by atoms with Gasteiger partial charge in [0, 0.05) is 17.7 Å². The second kappa shape index (κ2) is 7.48. The van der Waals surface area contributed by atoms with E-state index in [9.17, 15) is 9.59 Å². The number of benzene rings is 1. The standard InChI is InChI=1S/C18H24N4O3/c1-12(11-23)19-16(24)17(25)20-15-10-14(13-8-6-5-7-9-13)21-22(15)18(2,3)4/h5-10,12,23H,11H2,1-4H3,(H,19,24)(H,20,25)/t12-/m0/s1. The lowest BCUT2D eigenvalue weighted by molar-refractivity contribution is -0.136. The van der Waals surface area contributed by atoms with Gasteiger partial charge in [0.1, 0.15) is 5.82 Å². The molecule has 0 aliphatic heterocycles. The van der Waals surface area contributed by atoms with E-state index in [1.165, 1.54) is 0 Å². The smallest absolute Gasteiger partial charge is 0.314 e. The van der Waals surface area contributed by atoms with Crippen LogP contribution >= 0.6 is 0 Å². The highest BCUT2D eigenvalue weighted by atomic mass is 16.3. The first-order valence-electron chi connectivity index (χ1n) is 8.11. The fraction of sp³-hybridized carbons (Fsp3) is 0.389. The summed E-state index contributed by atoms with van der Waals surface area (Å²) >= 11 is 0. The van der Waals surface area contributed by atoms with Crippen LogP contribution in [-0.2, 0) is 15.1 Å². The van der Waals surface area contributed by atoms with Gasteiger partial charge < -0.3 is 15.7 Å². The Labute approximate surface area is 147 Å². The van der Waals surface area contributed by atoms with Gasteiger partial charge in [0.25, 0.3) is 0 Å². The van der Waals surface area contributed by atoms with E-state index in [-0.39, 0.29) is 12.1 Å². The quantitative estimate of drug-likeness (QED) is 0.736.